The fraction of sp³-hybridized carbons (Fsp3) is 0.250. The molecule has 0 amide bonds. The largest absolute Gasteiger partial charge is 0.467 e. The van der Waals surface area contributed by atoms with Gasteiger partial charge in [0.1, 0.15) is 5.76 Å². The molecule has 0 atom stereocenters. The number of aryl methyl sites for hydroxylation is 1. The van der Waals surface area contributed by atoms with Gasteiger partial charge in [0.2, 0.25) is 0 Å². The Labute approximate surface area is 166 Å². The first-order valence-corrected chi connectivity index (χ1v) is 9.82. The molecule has 28 heavy (non-hydrogen) atoms. The average Bonchev–Trinajstić information content (AvgIpc) is 3.41. The van der Waals surface area contributed by atoms with Gasteiger partial charge in [0.15, 0.2) is 10.8 Å². The second kappa shape index (κ2) is 7.85. The number of aromatic nitrogens is 3. The summed E-state index contributed by atoms with van der Waals surface area (Å²) in [5.74, 6) is 0.457. The van der Waals surface area contributed by atoms with E-state index in [-0.39, 0.29) is 0 Å². The number of furan rings is 1. The highest BCUT2D eigenvalue weighted by molar-refractivity contribution is 7.22. The minimum Gasteiger partial charge on any atom is -0.467 e. The van der Waals surface area contributed by atoms with E-state index in [1.807, 2.05) is 31.2 Å². The third-order valence-corrected chi connectivity index (χ3v) is 5.26. The van der Waals surface area contributed by atoms with Crippen molar-refractivity contribution in [2.24, 2.45) is 0 Å². The van der Waals surface area contributed by atoms with E-state index in [1.54, 1.807) is 35.3 Å². The number of benzene rings is 1. The Morgan fingerprint density at radius 3 is 3.00 bits per heavy atom. The fourth-order valence-electron chi connectivity index (χ4n) is 2.92. The van der Waals surface area contributed by atoms with Gasteiger partial charge in [-0.25, -0.2) is 9.78 Å². The number of hydrogen-bond acceptors (Lipinski definition) is 7. The predicted molar refractivity (Wildman–Crippen MR) is 108 cm³/mol. The van der Waals surface area contributed by atoms with Crippen LogP contribution >= 0.6 is 11.3 Å². The lowest BCUT2D eigenvalue weighted by atomic mass is 10.2. The SMILES string of the molecule is CCOC(=O)c1cc(C)n(Cc2cccc3sc(NCc4ccco4)nc23)n1. The third kappa shape index (κ3) is 3.77. The molecule has 0 aliphatic carbocycles. The molecular weight excluding hydrogens is 376 g/mol. The molecule has 3 aromatic heterocycles. The number of para-hydroxylation sites is 1. The second-order valence-electron chi connectivity index (χ2n) is 6.26. The van der Waals surface area contributed by atoms with Crippen molar-refractivity contribution < 1.29 is 13.9 Å². The molecule has 0 bridgehead atoms. The molecule has 0 saturated carbocycles. The van der Waals surface area contributed by atoms with Crippen LogP contribution in [0.3, 0.4) is 0 Å². The molecule has 3 heterocycles. The molecule has 144 valence electrons. The number of carbonyl (C=O) groups excluding carboxylic acids is 1. The summed E-state index contributed by atoms with van der Waals surface area (Å²) in [6.07, 6.45) is 1.66. The molecule has 0 unspecified atom stereocenters. The second-order valence-corrected chi connectivity index (χ2v) is 7.30. The first-order valence-electron chi connectivity index (χ1n) is 9.00. The van der Waals surface area contributed by atoms with Crippen LogP contribution in [0, 0.1) is 6.92 Å². The summed E-state index contributed by atoms with van der Waals surface area (Å²) in [6, 6.07) is 11.6. The van der Waals surface area contributed by atoms with Crippen LogP contribution in [0.1, 0.15) is 34.4 Å². The first-order chi connectivity index (χ1) is 13.6. The summed E-state index contributed by atoms with van der Waals surface area (Å²) < 4.78 is 13.3. The van der Waals surface area contributed by atoms with Gasteiger partial charge in [-0.2, -0.15) is 5.10 Å². The number of hydrogen-bond donors (Lipinski definition) is 1. The van der Waals surface area contributed by atoms with Crippen LogP contribution in [0.15, 0.2) is 47.1 Å². The monoisotopic (exact) mass is 396 g/mol. The van der Waals surface area contributed by atoms with Gasteiger partial charge < -0.3 is 14.5 Å². The van der Waals surface area contributed by atoms with Crippen molar-refractivity contribution in [3.63, 3.8) is 0 Å². The van der Waals surface area contributed by atoms with Gasteiger partial charge in [0, 0.05) is 11.3 Å². The van der Waals surface area contributed by atoms with Crippen LogP contribution in [0.25, 0.3) is 10.2 Å². The van der Waals surface area contributed by atoms with Crippen LogP contribution in [0.4, 0.5) is 5.13 Å². The van der Waals surface area contributed by atoms with Gasteiger partial charge in [-0.3, -0.25) is 4.68 Å². The lowest BCUT2D eigenvalue weighted by Crippen LogP contribution is -2.08. The number of nitrogens with one attached hydrogen (secondary N) is 1. The van der Waals surface area contributed by atoms with E-state index in [9.17, 15) is 4.79 Å². The molecule has 4 rings (SSSR count). The Bertz CT molecular complexity index is 1100. The normalized spacial score (nSPS) is 11.1. The smallest absolute Gasteiger partial charge is 0.358 e. The molecule has 0 aliphatic heterocycles. The highest BCUT2D eigenvalue weighted by Crippen LogP contribution is 2.29. The van der Waals surface area contributed by atoms with Gasteiger partial charge in [-0.05, 0) is 38.1 Å². The molecule has 0 saturated heterocycles. The Hall–Kier alpha value is -3.13. The standard InChI is InChI=1S/C20H20N4O3S/c1-3-26-19(25)16-10-13(2)24(23-16)12-14-6-4-8-17-18(14)22-20(28-17)21-11-15-7-5-9-27-15/h4-10H,3,11-12H2,1-2H3,(H,21,22). The maximum absolute atomic E-state index is 11.9. The number of esters is 1. The molecule has 0 fully saturated rings. The Kier molecular flexibility index (Phi) is 5.12. The van der Waals surface area contributed by atoms with Crippen molar-refractivity contribution in [1.82, 2.24) is 14.8 Å². The molecular formula is C20H20N4O3S. The van der Waals surface area contributed by atoms with E-state index in [4.69, 9.17) is 14.1 Å². The Morgan fingerprint density at radius 1 is 1.32 bits per heavy atom. The summed E-state index contributed by atoms with van der Waals surface area (Å²) in [5.41, 5.74) is 3.19. The Morgan fingerprint density at radius 2 is 2.21 bits per heavy atom. The molecule has 0 spiro atoms. The highest BCUT2D eigenvalue weighted by atomic mass is 32.1. The predicted octanol–water partition coefficient (Wildman–Crippen LogP) is 4.23. The summed E-state index contributed by atoms with van der Waals surface area (Å²) in [7, 11) is 0. The van der Waals surface area contributed by atoms with Gasteiger partial charge in [-0.15, -0.1) is 0 Å². The molecule has 0 radical (unpaired) electrons. The molecule has 8 heteroatoms. The number of nitrogens with zero attached hydrogens (tertiary/aromatic N) is 3. The quantitative estimate of drug-likeness (QED) is 0.471. The number of fused-ring (bicyclic) bond motifs is 1. The Balaban J connectivity index is 1.56. The maximum atomic E-state index is 11.9. The summed E-state index contributed by atoms with van der Waals surface area (Å²) >= 11 is 1.60. The topological polar surface area (TPSA) is 82.2 Å². The number of rotatable bonds is 7. The van der Waals surface area contributed by atoms with E-state index in [0.29, 0.717) is 25.4 Å². The van der Waals surface area contributed by atoms with Crippen molar-refractivity contribution in [2.45, 2.75) is 26.9 Å². The van der Waals surface area contributed by atoms with Gasteiger partial charge in [-0.1, -0.05) is 23.5 Å². The average molecular weight is 396 g/mol. The van der Waals surface area contributed by atoms with E-state index in [0.717, 1.165) is 32.4 Å². The molecule has 1 N–H and O–H groups in total. The summed E-state index contributed by atoms with van der Waals surface area (Å²) in [4.78, 5) is 16.7. The van der Waals surface area contributed by atoms with Crippen molar-refractivity contribution in [3.05, 3.63) is 65.4 Å². The zero-order chi connectivity index (χ0) is 19.5. The van der Waals surface area contributed by atoms with E-state index >= 15 is 0 Å². The zero-order valence-electron chi connectivity index (χ0n) is 15.6. The number of carbonyl (C=O) groups is 1. The van der Waals surface area contributed by atoms with E-state index < -0.39 is 5.97 Å². The van der Waals surface area contributed by atoms with Gasteiger partial charge in [0.25, 0.3) is 0 Å². The summed E-state index contributed by atoms with van der Waals surface area (Å²) in [6.45, 7) is 5.15. The van der Waals surface area contributed by atoms with Crippen molar-refractivity contribution in [1.29, 1.82) is 0 Å². The fourth-order valence-corrected chi connectivity index (χ4v) is 3.83. The van der Waals surface area contributed by atoms with E-state index in [2.05, 4.69) is 16.5 Å². The lowest BCUT2D eigenvalue weighted by molar-refractivity contribution is 0.0518. The number of anilines is 1. The summed E-state index contributed by atoms with van der Waals surface area (Å²) in [5, 5.41) is 8.54. The molecule has 7 nitrogen and oxygen atoms in total. The van der Waals surface area contributed by atoms with Crippen LogP contribution in [0.5, 0.6) is 0 Å². The molecule has 0 aliphatic rings. The van der Waals surface area contributed by atoms with Crippen LogP contribution in [-0.2, 0) is 17.8 Å². The zero-order valence-corrected chi connectivity index (χ0v) is 16.5. The van der Waals surface area contributed by atoms with Gasteiger partial charge >= 0.3 is 5.97 Å². The van der Waals surface area contributed by atoms with E-state index in [1.165, 1.54) is 0 Å². The van der Waals surface area contributed by atoms with Crippen molar-refractivity contribution in [2.75, 3.05) is 11.9 Å². The van der Waals surface area contributed by atoms with Crippen molar-refractivity contribution >= 4 is 32.7 Å². The highest BCUT2D eigenvalue weighted by Gasteiger charge is 2.15. The van der Waals surface area contributed by atoms with Crippen LogP contribution < -0.4 is 5.32 Å². The van der Waals surface area contributed by atoms with Gasteiger partial charge in [0.05, 0.1) is 36.2 Å². The van der Waals surface area contributed by atoms with Crippen molar-refractivity contribution in [3.8, 4) is 0 Å². The number of thiazole rings is 1. The molecule has 1 aromatic carbocycles. The minimum absolute atomic E-state index is 0.325. The van der Waals surface area contributed by atoms with Crippen LogP contribution in [-0.4, -0.2) is 27.3 Å². The van der Waals surface area contributed by atoms with Crippen LogP contribution in [0.2, 0.25) is 0 Å². The maximum Gasteiger partial charge on any atom is 0.358 e. The number of ether oxygens (including phenoxy) is 1. The lowest BCUT2D eigenvalue weighted by Gasteiger charge is -2.05. The first kappa shape index (κ1) is 18.2. The molecule has 4 aromatic rings. The third-order valence-electron chi connectivity index (χ3n) is 4.28. The minimum atomic E-state index is -0.402.